The second-order valence-electron chi connectivity index (χ2n) is 20.1. The highest BCUT2D eigenvalue weighted by Crippen LogP contribution is 2.43. The molecule has 2 aliphatic rings. The van der Waals surface area contributed by atoms with E-state index in [0.717, 1.165) is 78.1 Å². The van der Waals surface area contributed by atoms with Gasteiger partial charge in [0.1, 0.15) is 28.9 Å². The summed E-state index contributed by atoms with van der Waals surface area (Å²) >= 11 is 0. The number of methoxy groups -OCH3 is 1. The monoisotopic (exact) mass is 1140 g/mol. The maximum Gasteiger partial charge on any atom is 0.407 e. The largest absolute Gasteiger partial charge is 0.453 e. The van der Waals surface area contributed by atoms with E-state index in [0.29, 0.717) is 62.0 Å². The van der Waals surface area contributed by atoms with Crippen LogP contribution < -0.4 is 26.3 Å². The van der Waals surface area contributed by atoms with Crippen molar-refractivity contribution in [1.29, 1.82) is 0 Å². The lowest BCUT2D eigenvalue weighted by Gasteiger charge is -2.38. The zero-order chi connectivity index (χ0) is 58.9. The minimum atomic E-state index is -5.27. The number of piperazine rings is 1. The molecule has 80 heavy (non-hydrogen) atoms. The van der Waals surface area contributed by atoms with E-state index in [2.05, 4.69) is 41.8 Å². The zero-order valence-electron chi connectivity index (χ0n) is 44.2. The Morgan fingerprint density at radius 1 is 0.850 bits per heavy atom. The highest BCUT2D eigenvalue weighted by Gasteiger charge is 2.58. The molecule has 436 valence electrons. The number of pyridine rings is 1. The van der Waals surface area contributed by atoms with E-state index in [1.165, 1.54) is 24.3 Å². The van der Waals surface area contributed by atoms with E-state index in [4.69, 9.17) is 9.47 Å². The van der Waals surface area contributed by atoms with Crippen molar-refractivity contribution in [3.05, 3.63) is 101 Å². The number of benzene rings is 2. The van der Waals surface area contributed by atoms with Crippen LogP contribution in [-0.2, 0) is 36.8 Å². The number of hydrazine groups is 1. The summed E-state index contributed by atoms with van der Waals surface area (Å²) in [6, 6.07) is 8.20. The predicted molar refractivity (Wildman–Crippen MR) is 267 cm³/mol. The first-order chi connectivity index (χ1) is 37.5. The van der Waals surface area contributed by atoms with Crippen LogP contribution in [0.3, 0.4) is 0 Å². The maximum absolute atomic E-state index is 16.0. The Labute approximate surface area is 453 Å². The summed E-state index contributed by atoms with van der Waals surface area (Å²) in [7, 11) is 1.79. The van der Waals surface area contributed by atoms with Crippen LogP contribution in [0.4, 0.5) is 59.3 Å². The number of alkyl halides is 8. The van der Waals surface area contributed by atoms with Crippen molar-refractivity contribution < 1.29 is 82.4 Å². The van der Waals surface area contributed by atoms with Gasteiger partial charge in [0, 0.05) is 93.6 Å². The maximum atomic E-state index is 16.0. The van der Waals surface area contributed by atoms with E-state index < -0.39 is 115 Å². The normalized spacial score (nSPS) is 17.0. The van der Waals surface area contributed by atoms with Gasteiger partial charge in [-0.3, -0.25) is 19.9 Å². The second-order valence-corrected chi connectivity index (χ2v) is 20.1. The molecule has 4 aromatic rings. The molecule has 0 saturated carbocycles. The molecule has 6 rings (SSSR count). The molecule has 2 saturated heterocycles. The number of nitrogens with zero attached hydrogens (tertiary/aromatic N) is 6. The van der Waals surface area contributed by atoms with E-state index in [-0.39, 0.29) is 21.5 Å². The van der Waals surface area contributed by atoms with E-state index in [1.54, 1.807) is 6.20 Å². The van der Waals surface area contributed by atoms with Crippen molar-refractivity contribution >= 4 is 29.8 Å². The van der Waals surface area contributed by atoms with Crippen LogP contribution in [0.5, 0.6) is 0 Å². The lowest BCUT2D eigenvalue weighted by Crippen LogP contribution is -2.62. The Morgan fingerprint density at radius 3 is 2.01 bits per heavy atom. The first-order valence-corrected chi connectivity index (χ1v) is 24.9. The standard InChI is InChI=1S/C52H60F10N10O8/c1-49(2,51(57,58)59)42(66-48(77)78-6)44(74)65-39(23-31-10-7-30(8-11-31)9-12-32-13-14-41(64-26-32)70-20-18-69(19-21-70)34-16-22-79-29-34)40(73)28-71(68-45(75)43(80-47(76)63-5)50(3,4)52(60,61)62)27-35-36(53)24-33(25-37(35)54)38-15-17-72(67-38)46(55)56/h7-8,10-11,13-15,17,24-26,34,39-40,42-43,46,73H,16,18-23,27-29H2,1-6H3,(H,63,76)(H,65,74)(H,66,77)(H,68,75)/t34-,39+,40+,42-,43-/m1/s1. The summed E-state index contributed by atoms with van der Waals surface area (Å²) in [5.74, 6) is 0.619. The van der Waals surface area contributed by atoms with E-state index in [9.17, 15) is 59.4 Å². The highest BCUT2D eigenvalue weighted by atomic mass is 19.4. The third-order valence-electron chi connectivity index (χ3n) is 13.8. The summed E-state index contributed by atoms with van der Waals surface area (Å²) in [5, 5.41) is 22.1. The summed E-state index contributed by atoms with van der Waals surface area (Å²) in [6.07, 6.45) is -15.4. The number of halogens is 10. The number of aliphatic hydroxyl groups is 1. The van der Waals surface area contributed by atoms with Crippen molar-refractivity contribution in [2.24, 2.45) is 10.8 Å². The van der Waals surface area contributed by atoms with Gasteiger partial charge in [0.25, 0.3) is 5.91 Å². The molecule has 5 N–H and O–H groups in total. The second kappa shape index (κ2) is 25.9. The molecule has 0 unspecified atom stereocenters. The number of aromatic nitrogens is 3. The molecule has 2 aromatic heterocycles. The third kappa shape index (κ3) is 15.4. The van der Waals surface area contributed by atoms with Crippen LogP contribution in [-0.4, -0.2) is 157 Å². The SMILES string of the molecule is CNC(=O)O[C@H](C(=O)NN(Cc1c(F)cc(-c2ccn(C(F)F)n2)cc1F)C[C@H](O)[C@H](Cc1ccc(C#Cc2ccc(N3CCN([C@@H]4CCOC4)CC3)nc2)cc1)NC(=O)[C@@H](NC(=O)OC)C(C)(C)C(F)(F)F)C(C)(C)C(F)(F)F. The summed E-state index contributed by atoms with van der Waals surface area (Å²) in [4.78, 5) is 62.0. The molecular weight excluding hydrogens is 1080 g/mol. The van der Waals surface area contributed by atoms with Gasteiger partial charge in [-0.15, -0.1) is 0 Å². The average molecular weight is 1140 g/mol. The van der Waals surface area contributed by atoms with Gasteiger partial charge in [0.05, 0.1) is 37.0 Å². The van der Waals surface area contributed by atoms with Gasteiger partial charge in [0.15, 0.2) is 6.10 Å². The van der Waals surface area contributed by atoms with E-state index >= 15 is 8.78 Å². The quantitative estimate of drug-likeness (QED) is 0.0388. The molecule has 4 amide bonds. The van der Waals surface area contributed by atoms with Crippen molar-refractivity contribution in [2.45, 2.75) is 96.3 Å². The van der Waals surface area contributed by atoms with Crippen LogP contribution in [0.25, 0.3) is 11.3 Å². The van der Waals surface area contributed by atoms with Gasteiger partial charge in [0.2, 0.25) is 5.91 Å². The van der Waals surface area contributed by atoms with Crippen molar-refractivity contribution in [2.75, 3.05) is 65.0 Å². The topological polar surface area (TPSA) is 205 Å². The van der Waals surface area contributed by atoms with Crippen molar-refractivity contribution in [3.63, 3.8) is 0 Å². The molecule has 2 aromatic carbocycles. The molecule has 4 heterocycles. The molecule has 2 fully saturated rings. The minimum Gasteiger partial charge on any atom is -0.453 e. The number of hydrogen-bond acceptors (Lipinski definition) is 13. The number of carbonyl (C=O) groups excluding carboxylic acids is 4. The van der Waals surface area contributed by atoms with Gasteiger partial charge in [-0.05, 0) is 88.6 Å². The lowest BCUT2D eigenvalue weighted by atomic mass is 9.82. The predicted octanol–water partition coefficient (Wildman–Crippen LogP) is 6.48. The van der Waals surface area contributed by atoms with Crippen molar-refractivity contribution in [3.8, 4) is 23.1 Å². The fourth-order valence-corrected chi connectivity index (χ4v) is 8.61. The van der Waals surface area contributed by atoms with Gasteiger partial charge in [-0.1, -0.05) is 24.0 Å². The number of carbonyl (C=O) groups is 4. The average Bonchev–Trinajstić information content (AvgIpc) is 4.22. The number of anilines is 1. The molecule has 5 atom stereocenters. The van der Waals surface area contributed by atoms with Crippen LogP contribution in [0.2, 0.25) is 0 Å². The Kier molecular flexibility index (Phi) is 20.1. The zero-order valence-corrected chi connectivity index (χ0v) is 44.2. The molecule has 0 bridgehead atoms. The Hall–Kier alpha value is -7.22. The summed E-state index contributed by atoms with van der Waals surface area (Å²) in [6.45, 7) is 1.56. The molecule has 18 nitrogen and oxygen atoms in total. The highest BCUT2D eigenvalue weighted by molar-refractivity contribution is 5.87. The summed E-state index contributed by atoms with van der Waals surface area (Å²) < 4.78 is 161. The molecule has 0 spiro atoms. The number of rotatable bonds is 19. The molecule has 0 radical (unpaired) electrons. The first kappa shape index (κ1) is 62.0. The van der Waals surface area contributed by atoms with Gasteiger partial charge >= 0.3 is 31.1 Å². The fraction of sp³-hybridized carbons (Fsp3) is 0.500. The van der Waals surface area contributed by atoms with Crippen LogP contribution in [0.1, 0.15) is 62.9 Å². The van der Waals surface area contributed by atoms with Crippen LogP contribution >= 0.6 is 0 Å². The van der Waals surface area contributed by atoms with Crippen molar-refractivity contribution in [1.82, 2.24) is 46.0 Å². The fourth-order valence-electron chi connectivity index (χ4n) is 8.61. The molecule has 0 aliphatic carbocycles. The molecule has 2 aliphatic heterocycles. The van der Waals surface area contributed by atoms with Crippen LogP contribution in [0.15, 0.2) is 67.0 Å². The molecular formula is C52H60F10N10O8. The number of nitrogens with one attached hydrogen (secondary N) is 4. The van der Waals surface area contributed by atoms with Gasteiger partial charge in [-0.2, -0.15) is 40.2 Å². The van der Waals surface area contributed by atoms with E-state index in [1.807, 2.05) is 28.2 Å². The Morgan fingerprint density at radius 2 is 1.48 bits per heavy atom. The van der Waals surface area contributed by atoms with Gasteiger partial charge < -0.3 is 40.2 Å². The van der Waals surface area contributed by atoms with Gasteiger partial charge in [-0.25, -0.2) is 33.0 Å². The van der Waals surface area contributed by atoms with Crippen LogP contribution in [0, 0.1) is 34.3 Å². The lowest BCUT2D eigenvalue weighted by molar-refractivity contribution is -0.239. The molecule has 28 heteroatoms. The Balaban J connectivity index is 1.31. The number of alkyl carbamates (subject to hydrolysis) is 2. The number of amides is 4. The Bertz CT molecular complexity index is 2820. The number of aliphatic hydroxyl groups excluding tert-OH is 1. The number of ether oxygens (including phenoxy) is 3. The number of hydrogen-bond donors (Lipinski definition) is 5. The minimum absolute atomic E-state index is 0.196. The third-order valence-corrected chi connectivity index (χ3v) is 13.8. The smallest absolute Gasteiger partial charge is 0.407 e. The first-order valence-electron chi connectivity index (χ1n) is 24.9. The summed E-state index contributed by atoms with van der Waals surface area (Å²) in [5.41, 5.74) is -4.57.